The molecule has 15 rings (SSSR count). The molecule has 12 heterocycles. The molecule has 24 nitrogen and oxygen atoms in total. The van der Waals surface area contributed by atoms with E-state index in [1.54, 1.807) is 65.5 Å². The predicted molar refractivity (Wildman–Crippen MR) is 332 cm³/mol. The summed E-state index contributed by atoms with van der Waals surface area (Å²) in [5, 5.41) is 38.5. The first-order valence-electron chi connectivity index (χ1n) is 27.4. The van der Waals surface area contributed by atoms with Gasteiger partial charge in [-0.3, -0.25) is 32.9 Å². The minimum atomic E-state index is -0.152. The maximum Gasteiger partial charge on any atom is 0.273 e. The summed E-state index contributed by atoms with van der Waals surface area (Å²) >= 11 is 1.45. The number of thiazole rings is 1. The number of benzene rings is 3. The third-order valence-electron chi connectivity index (χ3n) is 14.2. The molecule has 0 unspecified atom stereocenters. The second-order valence-electron chi connectivity index (χ2n) is 19.5. The number of methoxy groups -OCH3 is 4. The summed E-state index contributed by atoms with van der Waals surface area (Å²) in [6.07, 6.45) is 14.3. The quantitative estimate of drug-likeness (QED) is 0.0942. The normalized spacial score (nSPS) is 11.1. The van der Waals surface area contributed by atoms with Gasteiger partial charge in [-0.05, 0) is 103 Å². The van der Waals surface area contributed by atoms with Crippen LogP contribution < -0.4 is 38.7 Å². The van der Waals surface area contributed by atoms with Gasteiger partial charge in [0.05, 0.1) is 63.1 Å². The van der Waals surface area contributed by atoms with Crippen LogP contribution in [0.2, 0.25) is 0 Å². The van der Waals surface area contributed by atoms with Crippen molar-refractivity contribution in [2.45, 2.75) is 19.8 Å². The first-order valence-corrected chi connectivity index (χ1v) is 28.3. The van der Waals surface area contributed by atoms with Crippen molar-refractivity contribution in [3.8, 4) is 73.3 Å². The molecule has 440 valence electrons. The number of H-pyrrole nitrogens is 1. The van der Waals surface area contributed by atoms with Crippen molar-refractivity contribution < 1.29 is 33.2 Å². The van der Waals surface area contributed by atoms with Crippen LogP contribution in [0.5, 0.6) is 39.7 Å². The van der Waals surface area contributed by atoms with Crippen LogP contribution >= 0.6 is 11.3 Å². The van der Waals surface area contributed by atoms with Gasteiger partial charge in [0.25, 0.3) is 5.19 Å². The smallest absolute Gasteiger partial charge is 0.273 e. The van der Waals surface area contributed by atoms with E-state index < -0.39 is 0 Å². The van der Waals surface area contributed by atoms with Gasteiger partial charge in [0.1, 0.15) is 54.3 Å². The number of aromatic nitrogens is 16. The Morgan fingerprint density at radius 3 is 1.37 bits per heavy atom. The molecule has 0 radical (unpaired) electrons. The maximum atomic E-state index is 11.6. The molecule has 0 aliphatic carbocycles. The molecule has 0 saturated carbocycles. The minimum absolute atomic E-state index is 0.152. The number of nitrogens with one attached hydrogen (secondary N) is 1. The molecule has 0 aliphatic heterocycles. The number of pyridine rings is 7. The zero-order valence-electron chi connectivity index (χ0n) is 47.9. The Balaban J connectivity index is 0.000000123. The molecule has 12 aromatic heterocycles. The lowest BCUT2D eigenvalue weighted by molar-refractivity contribution is 0.298. The third-order valence-corrected chi connectivity index (χ3v) is 15.0. The van der Waals surface area contributed by atoms with E-state index in [0.717, 1.165) is 106 Å². The molecule has 25 heteroatoms. The Kier molecular flexibility index (Phi) is 16.0. The molecule has 15 aromatic rings. The predicted octanol–water partition coefficient (Wildman–Crippen LogP) is 10.5. The van der Waals surface area contributed by atoms with E-state index in [1.165, 1.54) is 17.4 Å². The van der Waals surface area contributed by atoms with Crippen molar-refractivity contribution in [3.05, 3.63) is 216 Å². The van der Waals surface area contributed by atoms with Crippen LogP contribution in [0.1, 0.15) is 17.5 Å². The van der Waals surface area contributed by atoms with Gasteiger partial charge in [-0.15, -0.1) is 30.6 Å². The average molecular weight is 1200 g/mol. The summed E-state index contributed by atoms with van der Waals surface area (Å²) in [6.45, 7) is 0.752. The lowest BCUT2D eigenvalue weighted by Gasteiger charge is -2.09. The standard InChI is InChI=1S/C22H17N5O3.C21H16N6O2.C21H17N5O3S/c1-29-15-6-7-16-18(11-15)23-10-9-19(16)30-13-21-26-25-20-8-5-14(12-27(20)21)17-3-2-4-22(28)24-17;1-28-16-3-4-17-18(10-16)22-8-7-19(17)29-13-21-26-25-20-5-2-15(12-27(20)21)14-6-9-23-24-11-14;1-27-14-4-5-15-16(9-14)22-8-7-18(15)29-11-20-25-24-19-6-3-13(10-26(19)20)17-12-30-21(23-17)28-2/h2-12H,13H2,1H3,(H,24,28);2-12H,13H2,1H3;3-10,12H,11H2,1-2H3. The van der Waals surface area contributed by atoms with Crippen LogP contribution in [0.25, 0.3) is 83.3 Å². The highest BCUT2D eigenvalue weighted by Crippen LogP contribution is 2.32. The van der Waals surface area contributed by atoms with Crippen LogP contribution in [0.3, 0.4) is 0 Å². The van der Waals surface area contributed by atoms with Crippen molar-refractivity contribution in [2.24, 2.45) is 0 Å². The number of ether oxygens (including phenoxy) is 7. The summed E-state index contributed by atoms with van der Waals surface area (Å²) in [4.78, 5) is 32.1. The van der Waals surface area contributed by atoms with Crippen molar-refractivity contribution in [1.82, 2.24) is 78.9 Å². The van der Waals surface area contributed by atoms with E-state index in [-0.39, 0.29) is 25.4 Å². The van der Waals surface area contributed by atoms with Crippen LogP contribution in [0.15, 0.2) is 193 Å². The van der Waals surface area contributed by atoms with Crippen molar-refractivity contribution in [2.75, 3.05) is 28.4 Å². The SMILES string of the molecule is COc1ccc2c(OCc3nnc4ccc(-c5cccc(=O)[nH]5)cn34)ccnc2c1.COc1ccc2c(OCc3nnc4ccc(-c5ccnnc5)cn34)ccnc2c1.COc1ccc2c(OCc3nnc4ccc(-c5csc(OC)n5)cn34)ccnc2c1. The molecule has 0 atom stereocenters. The van der Waals surface area contributed by atoms with Crippen LogP contribution in [-0.4, -0.2) is 107 Å². The Labute approximate surface area is 508 Å². The van der Waals surface area contributed by atoms with Crippen molar-refractivity contribution in [3.63, 3.8) is 0 Å². The highest BCUT2D eigenvalue weighted by Gasteiger charge is 2.16. The molecule has 0 amide bonds. The summed E-state index contributed by atoms with van der Waals surface area (Å²) in [6, 6.07) is 41.0. The zero-order valence-corrected chi connectivity index (χ0v) is 48.7. The van der Waals surface area contributed by atoms with Gasteiger partial charge >= 0.3 is 0 Å². The van der Waals surface area contributed by atoms with Gasteiger partial charge in [0.2, 0.25) is 5.56 Å². The van der Waals surface area contributed by atoms with E-state index in [0.29, 0.717) is 34.1 Å². The van der Waals surface area contributed by atoms with Gasteiger partial charge in [-0.1, -0.05) is 17.4 Å². The van der Waals surface area contributed by atoms with Gasteiger partial charge < -0.3 is 38.1 Å². The Morgan fingerprint density at radius 2 is 0.921 bits per heavy atom. The second kappa shape index (κ2) is 25.3. The first-order chi connectivity index (χ1) is 43.8. The highest BCUT2D eigenvalue weighted by molar-refractivity contribution is 7.11. The monoisotopic (exact) mass is 1200 g/mol. The molecule has 89 heavy (non-hydrogen) atoms. The van der Waals surface area contributed by atoms with Gasteiger partial charge in [0, 0.05) is 111 Å². The van der Waals surface area contributed by atoms with Gasteiger partial charge in [-0.25, -0.2) is 4.98 Å². The van der Waals surface area contributed by atoms with Crippen LogP contribution in [0.4, 0.5) is 0 Å². The summed E-state index contributed by atoms with van der Waals surface area (Å²) in [5.41, 5.74) is 9.75. The molecular weight excluding hydrogens is 1150 g/mol. The third kappa shape index (κ3) is 12.2. The number of aromatic amines is 1. The first kappa shape index (κ1) is 56.2. The molecule has 0 bridgehead atoms. The molecule has 0 saturated heterocycles. The minimum Gasteiger partial charge on any atom is -0.497 e. The van der Waals surface area contributed by atoms with E-state index in [2.05, 4.69) is 65.7 Å². The fourth-order valence-electron chi connectivity index (χ4n) is 9.64. The molecule has 0 spiro atoms. The number of rotatable bonds is 16. The molecule has 1 N–H and O–H groups in total. The molecule has 0 aliphatic rings. The largest absolute Gasteiger partial charge is 0.497 e. The Morgan fingerprint density at radius 1 is 0.449 bits per heavy atom. The van der Waals surface area contributed by atoms with Crippen LogP contribution in [-0.2, 0) is 19.8 Å². The fraction of sp³-hybridized carbons (Fsp3) is 0.109. The van der Waals surface area contributed by atoms with E-state index in [4.69, 9.17) is 33.2 Å². The maximum absolute atomic E-state index is 11.6. The summed E-state index contributed by atoms with van der Waals surface area (Å²) in [7, 11) is 6.50. The van der Waals surface area contributed by atoms with E-state index in [9.17, 15) is 4.79 Å². The average Bonchev–Trinajstić information content (AvgIpc) is 2.81. The number of hydrogen-bond acceptors (Lipinski definition) is 21. The van der Waals surface area contributed by atoms with Gasteiger partial charge in [0.15, 0.2) is 34.4 Å². The lowest BCUT2D eigenvalue weighted by Crippen LogP contribution is -2.05. The molecular formula is C64H50N16O8S. The summed E-state index contributed by atoms with van der Waals surface area (Å²) < 4.78 is 44.9. The lowest BCUT2D eigenvalue weighted by atomic mass is 10.1. The zero-order chi connectivity index (χ0) is 60.6. The van der Waals surface area contributed by atoms with Gasteiger partial charge in [-0.2, -0.15) is 10.2 Å². The topological polar surface area (TPSA) is 265 Å². The van der Waals surface area contributed by atoms with E-state index in [1.807, 2.05) is 159 Å². The fourth-order valence-corrected chi connectivity index (χ4v) is 10.3. The summed E-state index contributed by atoms with van der Waals surface area (Å²) in [5.74, 6) is 6.41. The number of hydrogen-bond donors (Lipinski definition) is 1. The Bertz CT molecular complexity index is 5080. The Hall–Kier alpha value is -12.0. The van der Waals surface area contributed by atoms with Crippen molar-refractivity contribution >= 4 is 61.0 Å². The molecule has 0 fully saturated rings. The van der Waals surface area contributed by atoms with E-state index >= 15 is 0 Å². The van der Waals surface area contributed by atoms with Crippen molar-refractivity contribution in [1.29, 1.82) is 0 Å². The highest BCUT2D eigenvalue weighted by atomic mass is 32.1. The molecule has 3 aromatic carbocycles. The van der Waals surface area contributed by atoms with Crippen LogP contribution in [0, 0.1) is 0 Å². The number of fused-ring (bicyclic) bond motifs is 6. The second-order valence-corrected chi connectivity index (χ2v) is 20.3. The number of nitrogens with zero attached hydrogens (tertiary/aromatic N) is 15.